The summed E-state index contributed by atoms with van der Waals surface area (Å²) < 4.78 is 5.53. The van der Waals surface area contributed by atoms with Gasteiger partial charge in [-0.15, -0.1) is 11.3 Å². The van der Waals surface area contributed by atoms with Crippen LogP contribution in [0.4, 0.5) is 5.69 Å². The molecular formula is C17H22N2OS. The zero-order chi connectivity index (χ0) is 14.5. The second-order valence-electron chi connectivity index (χ2n) is 5.53. The number of thiophene rings is 1. The van der Waals surface area contributed by atoms with Gasteiger partial charge < -0.3 is 15.4 Å². The smallest absolute Gasteiger partial charge is 0.0621 e. The van der Waals surface area contributed by atoms with E-state index in [4.69, 9.17) is 4.74 Å². The first-order valence-electron chi connectivity index (χ1n) is 7.53. The van der Waals surface area contributed by atoms with Crippen molar-refractivity contribution in [3.05, 3.63) is 41.8 Å². The molecule has 0 bridgehead atoms. The number of para-hydroxylation sites is 1. The van der Waals surface area contributed by atoms with Gasteiger partial charge in [-0.05, 0) is 30.9 Å². The molecule has 2 unspecified atom stereocenters. The fourth-order valence-electron chi connectivity index (χ4n) is 2.78. The third kappa shape index (κ3) is 3.84. The van der Waals surface area contributed by atoms with Gasteiger partial charge in [-0.3, -0.25) is 0 Å². The molecule has 1 aromatic heterocycles. The van der Waals surface area contributed by atoms with E-state index in [1.54, 1.807) is 11.3 Å². The highest BCUT2D eigenvalue weighted by molar-refractivity contribution is 7.13. The Morgan fingerprint density at radius 3 is 3.00 bits per heavy atom. The number of hydrogen-bond acceptors (Lipinski definition) is 4. The van der Waals surface area contributed by atoms with Crippen LogP contribution in [0.2, 0.25) is 0 Å². The normalized spacial score (nSPS) is 20.1. The molecule has 0 spiro atoms. The zero-order valence-corrected chi connectivity index (χ0v) is 13.2. The van der Waals surface area contributed by atoms with Gasteiger partial charge in [-0.25, -0.2) is 0 Å². The molecular weight excluding hydrogens is 280 g/mol. The van der Waals surface area contributed by atoms with Crippen molar-refractivity contribution in [1.82, 2.24) is 5.32 Å². The van der Waals surface area contributed by atoms with E-state index < -0.39 is 0 Å². The van der Waals surface area contributed by atoms with Gasteiger partial charge >= 0.3 is 0 Å². The number of benzene rings is 1. The Hall–Kier alpha value is -1.36. The maximum absolute atomic E-state index is 5.53. The molecule has 1 fully saturated rings. The lowest BCUT2D eigenvalue weighted by Crippen LogP contribution is -2.43. The summed E-state index contributed by atoms with van der Waals surface area (Å²) in [4.78, 5) is 1.31. The van der Waals surface area contributed by atoms with Gasteiger partial charge in [0.2, 0.25) is 0 Å². The molecule has 2 atom stereocenters. The minimum absolute atomic E-state index is 0.408. The van der Waals surface area contributed by atoms with Crippen LogP contribution in [0.15, 0.2) is 41.8 Å². The highest BCUT2D eigenvalue weighted by Crippen LogP contribution is 2.31. The molecule has 0 aliphatic carbocycles. The highest BCUT2D eigenvalue weighted by Gasteiger charge is 2.17. The van der Waals surface area contributed by atoms with Crippen molar-refractivity contribution in [3.63, 3.8) is 0 Å². The molecule has 2 heterocycles. The predicted molar refractivity (Wildman–Crippen MR) is 90.1 cm³/mol. The second kappa shape index (κ2) is 7.07. The summed E-state index contributed by atoms with van der Waals surface area (Å²) in [5, 5.41) is 9.30. The van der Waals surface area contributed by atoms with Gasteiger partial charge in [0.15, 0.2) is 0 Å². The molecule has 4 heteroatoms. The maximum atomic E-state index is 5.53. The number of rotatable bonds is 5. The zero-order valence-electron chi connectivity index (χ0n) is 12.3. The summed E-state index contributed by atoms with van der Waals surface area (Å²) in [6, 6.07) is 13.7. The van der Waals surface area contributed by atoms with Crippen molar-refractivity contribution in [2.24, 2.45) is 0 Å². The molecule has 112 valence electrons. The molecule has 21 heavy (non-hydrogen) atoms. The fourth-order valence-corrected chi connectivity index (χ4v) is 3.54. The lowest BCUT2D eigenvalue weighted by molar-refractivity contribution is 0.0731. The number of anilines is 1. The molecule has 1 saturated heterocycles. The van der Waals surface area contributed by atoms with Crippen molar-refractivity contribution in [1.29, 1.82) is 0 Å². The Labute approximate surface area is 130 Å². The van der Waals surface area contributed by atoms with Crippen molar-refractivity contribution in [2.45, 2.75) is 25.4 Å². The van der Waals surface area contributed by atoms with E-state index >= 15 is 0 Å². The van der Waals surface area contributed by atoms with Gasteiger partial charge in [0.1, 0.15) is 0 Å². The fraction of sp³-hybridized carbons (Fsp3) is 0.412. The van der Waals surface area contributed by atoms with Crippen LogP contribution in [-0.4, -0.2) is 31.8 Å². The van der Waals surface area contributed by atoms with Gasteiger partial charge in [-0.2, -0.15) is 0 Å². The minimum Gasteiger partial charge on any atom is -0.382 e. The van der Waals surface area contributed by atoms with Crippen LogP contribution in [0.3, 0.4) is 0 Å². The first kappa shape index (κ1) is 14.6. The summed E-state index contributed by atoms with van der Waals surface area (Å²) in [6.07, 6.45) is 1.07. The monoisotopic (exact) mass is 302 g/mol. The summed E-state index contributed by atoms with van der Waals surface area (Å²) in [6.45, 7) is 4.85. The van der Waals surface area contributed by atoms with Gasteiger partial charge in [0, 0.05) is 34.8 Å². The molecule has 3 nitrogen and oxygen atoms in total. The highest BCUT2D eigenvalue weighted by atomic mass is 32.1. The van der Waals surface area contributed by atoms with Gasteiger partial charge in [0.25, 0.3) is 0 Å². The van der Waals surface area contributed by atoms with E-state index in [1.165, 1.54) is 16.1 Å². The molecule has 2 N–H and O–H groups in total. The van der Waals surface area contributed by atoms with Crippen LogP contribution >= 0.6 is 11.3 Å². The van der Waals surface area contributed by atoms with Crippen LogP contribution in [0.5, 0.6) is 0 Å². The lowest BCUT2D eigenvalue weighted by atomic mass is 10.1. The van der Waals surface area contributed by atoms with E-state index in [2.05, 4.69) is 59.3 Å². The van der Waals surface area contributed by atoms with Crippen LogP contribution in [-0.2, 0) is 4.74 Å². The minimum atomic E-state index is 0.408. The quantitative estimate of drug-likeness (QED) is 0.885. The molecule has 1 aromatic carbocycles. The number of ether oxygens (including phenoxy) is 1. The Morgan fingerprint density at radius 1 is 1.33 bits per heavy atom. The number of hydrogen-bond donors (Lipinski definition) is 2. The predicted octanol–water partition coefficient (Wildman–Crippen LogP) is 3.59. The standard InChI is InChI=1S/C17H22N2OS/c1-13(11-14-12-20-9-8-18-14)19-16-6-3-2-5-15(16)17-7-4-10-21-17/h2-7,10,13-14,18-19H,8-9,11-12H2,1H3. The molecule has 1 aliphatic heterocycles. The number of nitrogens with one attached hydrogen (secondary N) is 2. The Kier molecular flexibility index (Phi) is 4.91. The summed E-state index contributed by atoms with van der Waals surface area (Å²) in [5.41, 5.74) is 2.50. The molecule has 2 aromatic rings. The van der Waals surface area contributed by atoms with E-state index in [-0.39, 0.29) is 0 Å². The molecule has 1 aliphatic rings. The SMILES string of the molecule is CC(CC1COCCN1)Nc1ccccc1-c1cccs1. The summed E-state index contributed by atoms with van der Waals surface area (Å²) in [7, 11) is 0. The molecule has 0 radical (unpaired) electrons. The Bertz CT molecular complexity index is 550. The summed E-state index contributed by atoms with van der Waals surface area (Å²) in [5.74, 6) is 0. The van der Waals surface area contributed by atoms with Crippen LogP contribution < -0.4 is 10.6 Å². The topological polar surface area (TPSA) is 33.3 Å². The van der Waals surface area contributed by atoms with E-state index in [0.717, 1.165) is 26.2 Å². The third-order valence-electron chi connectivity index (χ3n) is 3.75. The number of morpholine rings is 1. The van der Waals surface area contributed by atoms with Gasteiger partial charge in [-0.1, -0.05) is 24.3 Å². The van der Waals surface area contributed by atoms with E-state index in [0.29, 0.717) is 12.1 Å². The molecule has 0 saturated carbocycles. The average molecular weight is 302 g/mol. The third-order valence-corrected chi connectivity index (χ3v) is 4.66. The van der Waals surface area contributed by atoms with Crippen molar-refractivity contribution in [2.75, 3.05) is 25.1 Å². The largest absolute Gasteiger partial charge is 0.382 e. The van der Waals surface area contributed by atoms with Gasteiger partial charge in [0.05, 0.1) is 13.2 Å². The van der Waals surface area contributed by atoms with Crippen LogP contribution in [0.1, 0.15) is 13.3 Å². The maximum Gasteiger partial charge on any atom is 0.0621 e. The lowest BCUT2D eigenvalue weighted by Gasteiger charge is -2.27. The molecule has 0 amide bonds. The van der Waals surface area contributed by atoms with E-state index in [9.17, 15) is 0 Å². The first-order chi connectivity index (χ1) is 10.3. The van der Waals surface area contributed by atoms with Crippen molar-refractivity contribution < 1.29 is 4.74 Å². The van der Waals surface area contributed by atoms with Crippen molar-refractivity contribution in [3.8, 4) is 10.4 Å². The van der Waals surface area contributed by atoms with Crippen LogP contribution in [0, 0.1) is 0 Å². The van der Waals surface area contributed by atoms with Crippen LogP contribution in [0.25, 0.3) is 10.4 Å². The summed E-state index contributed by atoms with van der Waals surface area (Å²) >= 11 is 1.78. The Morgan fingerprint density at radius 2 is 2.24 bits per heavy atom. The van der Waals surface area contributed by atoms with E-state index in [1.807, 2.05) is 0 Å². The Balaban J connectivity index is 1.67. The average Bonchev–Trinajstić information content (AvgIpc) is 3.03. The first-order valence-corrected chi connectivity index (χ1v) is 8.41. The molecule has 3 rings (SSSR count). The second-order valence-corrected chi connectivity index (χ2v) is 6.48. The van der Waals surface area contributed by atoms with Crippen molar-refractivity contribution >= 4 is 17.0 Å².